The van der Waals surface area contributed by atoms with E-state index < -0.39 is 24.0 Å². The number of carboxylic acids is 2. The van der Waals surface area contributed by atoms with Crippen molar-refractivity contribution in [2.45, 2.75) is 115 Å². The standard InChI is InChI=1S/C32H52N4O8/c1-2-3-21-35-30(39)26(33)13-10-11-22-34-28(37)20-19-27(32(42)43)36-29(38)14-9-7-5-4-6-8-12-23-44-25-17-15-24(16-18-25)31(40)41/h15-18,26-27H,2-14,19-23,33H2,1H3,(H,34,37)(H,35,39)(H,36,38)(H,40,41)(H,42,43)/t26-,27-/m0/s1. The molecule has 0 aromatic heterocycles. The number of ether oxygens (including phenoxy) is 1. The van der Waals surface area contributed by atoms with Gasteiger partial charge in [0.05, 0.1) is 18.2 Å². The number of hydrogen-bond acceptors (Lipinski definition) is 7. The van der Waals surface area contributed by atoms with E-state index in [1.807, 2.05) is 6.92 Å². The Morgan fingerprint density at radius 2 is 1.39 bits per heavy atom. The maximum absolute atomic E-state index is 12.2. The smallest absolute Gasteiger partial charge is 0.335 e. The molecule has 44 heavy (non-hydrogen) atoms. The summed E-state index contributed by atoms with van der Waals surface area (Å²) in [6.07, 6.45) is 10.5. The molecule has 0 fully saturated rings. The van der Waals surface area contributed by atoms with Gasteiger partial charge in [-0.1, -0.05) is 45.4 Å². The van der Waals surface area contributed by atoms with Crippen molar-refractivity contribution in [1.82, 2.24) is 16.0 Å². The van der Waals surface area contributed by atoms with Crippen molar-refractivity contribution in [1.29, 1.82) is 0 Å². The zero-order valence-electron chi connectivity index (χ0n) is 26.1. The second-order valence-electron chi connectivity index (χ2n) is 11.0. The molecule has 0 radical (unpaired) electrons. The predicted octanol–water partition coefficient (Wildman–Crippen LogP) is 3.76. The molecular weight excluding hydrogens is 568 g/mol. The number of benzene rings is 1. The third kappa shape index (κ3) is 18.8. The van der Waals surface area contributed by atoms with Crippen molar-refractivity contribution in [3.8, 4) is 5.75 Å². The van der Waals surface area contributed by atoms with E-state index in [2.05, 4.69) is 16.0 Å². The molecule has 2 atom stereocenters. The van der Waals surface area contributed by atoms with Gasteiger partial charge in [0.25, 0.3) is 0 Å². The first-order chi connectivity index (χ1) is 21.1. The summed E-state index contributed by atoms with van der Waals surface area (Å²) in [7, 11) is 0. The maximum Gasteiger partial charge on any atom is 0.335 e. The van der Waals surface area contributed by atoms with Crippen molar-refractivity contribution in [2.24, 2.45) is 5.73 Å². The minimum absolute atomic E-state index is 0.00701. The Bertz CT molecular complexity index is 1000. The second kappa shape index (κ2) is 23.7. The van der Waals surface area contributed by atoms with Crippen LogP contribution in [0.1, 0.15) is 114 Å². The average Bonchev–Trinajstić information content (AvgIpc) is 2.99. The van der Waals surface area contributed by atoms with Gasteiger partial charge in [0.1, 0.15) is 11.8 Å². The first-order valence-electron chi connectivity index (χ1n) is 15.9. The van der Waals surface area contributed by atoms with Crippen LogP contribution in [0.25, 0.3) is 0 Å². The molecule has 0 aliphatic rings. The molecular formula is C32H52N4O8. The fourth-order valence-corrected chi connectivity index (χ4v) is 4.41. The van der Waals surface area contributed by atoms with Crippen LogP contribution in [-0.4, -0.2) is 71.7 Å². The summed E-state index contributed by atoms with van der Waals surface area (Å²) in [5, 5.41) is 26.4. The Morgan fingerprint density at radius 3 is 2.02 bits per heavy atom. The van der Waals surface area contributed by atoms with Crippen LogP contribution in [0.2, 0.25) is 0 Å². The summed E-state index contributed by atoms with van der Waals surface area (Å²) in [6.45, 7) is 3.64. The fraction of sp³-hybridized carbons (Fsp3) is 0.656. The quantitative estimate of drug-likeness (QED) is 0.0835. The van der Waals surface area contributed by atoms with E-state index in [0.29, 0.717) is 51.1 Å². The normalized spacial score (nSPS) is 12.1. The van der Waals surface area contributed by atoms with Gasteiger partial charge in [-0.05, 0) is 69.2 Å². The molecule has 0 spiro atoms. The highest BCUT2D eigenvalue weighted by Gasteiger charge is 2.21. The third-order valence-electron chi connectivity index (χ3n) is 7.14. The van der Waals surface area contributed by atoms with Crippen molar-refractivity contribution < 1.29 is 38.9 Å². The van der Waals surface area contributed by atoms with Crippen molar-refractivity contribution in [3.63, 3.8) is 0 Å². The van der Waals surface area contributed by atoms with Crippen molar-refractivity contribution in [3.05, 3.63) is 29.8 Å². The van der Waals surface area contributed by atoms with Crippen molar-refractivity contribution >= 4 is 29.7 Å². The highest BCUT2D eigenvalue weighted by Crippen LogP contribution is 2.14. The second-order valence-corrected chi connectivity index (χ2v) is 11.0. The summed E-state index contributed by atoms with van der Waals surface area (Å²) in [6, 6.07) is 4.64. The van der Waals surface area contributed by atoms with Gasteiger partial charge in [0.15, 0.2) is 0 Å². The highest BCUT2D eigenvalue weighted by molar-refractivity contribution is 5.87. The number of nitrogens with one attached hydrogen (secondary N) is 3. The van der Waals surface area contributed by atoms with Gasteiger partial charge in [0.2, 0.25) is 17.7 Å². The largest absolute Gasteiger partial charge is 0.494 e. The molecule has 0 saturated carbocycles. The summed E-state index contributed by atoms with van der Waals surface area (Å²) in [4.78, 5) is 58.7. The number of aliphatic carboxylic acids is 1. The molecule has 0 saturated heterocycles. The molecule has 0 aliphatic carbocycles. The van der Waals surface area contributed by atoms with E-state index in [9.17, 15) is 29.1 Å². The fourth-order valence-electron chi connectivity index (χ4n) is 4.41. The van der Waals surface area contributed by atoms with Crippen LogP contribution in [0.3, 0.4) is 0 Å². The number of nitrogens with two attached hydrogens (primary N) is 1. The van der Waals surface area contributed by atoms with E-state index >= 15 is 0 Å². The number of carboxylic acid groups (broad SMARTS) is 2. The van der Waals surface area contributed by atoms with Crippen LogP contribution in [0.15, 0.2) is 24.3 Å². The SMILES string of the molecule is CCCCNC(=O)[C@@H](N)CCCCNC(=O)CC[C@H](NC(=O)CCCCCCCCCOc1ccc(C(=O)O)cc1)C(=O)O. The van der Waals surface area contributed by atoms with Crippen LogP contribution in [0, 0.1) is 0 Å². The van der Waals surface area contributed by atoms with Gasteiger partial charge < -0.3 is 36.6 Å². The van der Waals surface area contributed by atoms with Gasteiger partial charge in [-0.25, -0.2) is 9.59 Å². The summed E-state index contributed by atoms with van der Waals surface area (Å²) >= 11 is 0. The molecule has 0 unspecified atom stereocenters. The Labute approximate surface area is 260 Å². The minimum Gasteiger partial charge on any atom is -0.494 e. The minimum atomic E-state index is -1.17. The highest BCUT2D eigenvalue weighted by atomic mass is 16.5. The van der Waals surface area contributed by atoms with Crippen LogP contribution >= 0.6 is 0 Å². The molecule has 1 aromatic carbocycles. The molecule has 3 amide bonds. The summed E-state index contributed by atoms with van der Waals surface area (Å²) < 4.78 is 5.63. The molecule has 0 heterocycles. The van der Waals surface area contributed by atoms with E-state index in [1.165, 1.54) is 12.1 Å². The number of unbranched alkanes of at least 4 members (excludes halogenated alkanes) is 8. The van der Waals surface area contributed by atoms with Crippen LogP contribution in [-0.2, 0) is 19.2 Å². The van der Waals surface area contributed by atoms with Crippen LogP contribution in [0.5, 0.6) is 5.75 Å². The number of carbonyl (C=O) groups excluding carboxylic acids is 3. The lowest BCUT2D eigenvalue weighted by Gasteiger charge is -2.15. The van der Waals surface area contributed by atoms with E-state index in [1.54, 1.807) is 12.1 Å². The molecule has 248 valence electrons. The number of aromatic carboxylic acids is 1. The molecule has 12 nitrogen and oxygen atoms in total. The third-order valence-corrected chi connectivity index (χ3v) is 7.14. The number of rotatable bonds is 26. The first kappa shape index (κ1) is 38.4. The predicted molar refractivity (Wildman–Crippen MR) is 167 cm³/mol. The van der Waals surface area contributed by atoms with Gasteiger partial charge in [0, 0.05) is 25.9 Å². The summed E-state index contributed by atoms with van der Waals surface area (Å²) in [5.74, 6) is -2.27. The van der Waals surface area contributed by atoms with Gasteiger partial charge >= 0.3 is 11.9 Å². The van der Waals surface area contributed by atoms with E-state index in [0.717, 1.165) is 51.4 Å². The topological polar surface area (TPSA) is 197 Å². The molecule has 0 bridgehead atoms. The molecule has 1 aromatic rings. The van der Waals surface area contributed by atoms with Crippen LogP contribution in [0.4, 0.5) is 0 Å². The van der Waals surface area contributed by atoms with Crippen LogP contribution < -0.4 is 26.4 Å². The molecule has 1 rings (SSSR count). The number of hydrogen-bond donors (Lipinski definition) is 6. The maximum atomic E-state index is 12.2. The lowest BCUT2D eigenvalue weighted by atomic mass is 10.1. The van der Waals surface area contributed by atoms with Gasteiger partial charge in [-0.15, -0.1) is 0 Å². The molecule has 7 N–H and O–H groups in total. The zero-order chi connectivity index (χ0) is 32.6. The number of carbonyl (C=O) groups is 5. The van der Waals surface area contributed by atoms with Gasteiger partial charge in [-0.3, -0.25) is 14.4 Å². The molecule has 0 aliphatic heterocycles. The Balaban J connectivity index is 2.06. The first-order valence-corrected chi connectivity index (χ1v) is 15.9. The lowest BCUT2D eigenvalue weighted by molar-refractivity contribution is -0.142. The molecule has 12 heteroatoms. The Kier molecular flexibility index (Phi) is 20.7. The zero-order valence-corrected chi connectivity index (χ0v) is 26.1. The Hall–Kier alpha value is -3.67. The summed E-state index contributed by atoms with van der Waals surface area (Å²) in [5.41, 5.74) is 6.11. The average molecular weight is 621 g/mol. The monoisotopic (exact) mass is 620 g/mol. The number of amides is 3. The van der Waals surface area contributed by atoms with E-state index in [4.69, 9.17) is 15.6 Å². The van der Waals surface area contributed by atoms with E-state index in [-0.39, 0.29) is 42.5 Å². The van der Waals surface area contributed by atoms with Gasteiger partial charge in [-0.2, -0.15) is 0 Å². The van der Waals surface area contributed by atoms with Crippen molar-refractivity contribution in [2.75, 3.05) is 19.7 Å². The Morgan fingerprint density at radius 1 is 0.750 bits per heavy atom. The lowest BCUT2D eigenvalue weighted by Crippen LogP contribution is -2.41.